The molecule has 0 saturated heterocycles. The zero-order chi connectivity index (χ0) is 30.8. The van der Waals surface area contributed by atoms with Gasteiger partial charge in [0.2, 0.25) is 0 Å². The van der Waals surface area contributed by atoms with E-state index in [-0.39, 0.29) is 0 Å². The maximum absolute atomic E-state index is 6.34. The molecule has 0 aliphatic heterocycles. The predicted octanol–water partition coefficient (Wildman–Crippen LogP) is 9.89. The van der Waals surface area contributed by atoms with Crippen LogP contribution in [0.25, 0.3) is 33.4 Å². The van der Waals surface area contributed by atoms with Crippen LogP contribution in [0.5, 0.6) is 5.75 Å². The molecule has 0 bridgehead atoms. The van der Waals surface area contributed by atoms with Crippen LogP contribution in [0.3, 0.4) is 0 Å². The summed E-state index contributed by atoms with van der Waals surface area (Å²) >= 11 is -2.83. The first-order valence-electron chi connectivity index (χ1n) is 16.6. The second-order valence-corrected chi connectivity index (χ2v) is 24.4. The Hall–Kier alpha value is -3.26. The monoisotopic (exact) mass is 697 g/mol. The van der Waals surface area contributed by atoms with Gasteiger partial charge in [0.1, 0.15) is 0 Å². The molecule has 0 saturated carbocycles. The molecular formula is C37H47N5OSn. The van der Waals surface area contributed by atoms with Crippen molar-refractivity contribution >= 4 is 29.6 Å². The quantitative estimate of drug-likeness (QED) is 0.0962. The fourth-order valence-corrected chi connectivity index (χ4v) is 20.1. The first-order chi connectivity index (χ1) is 21.6. The normalized spacial score (nSPS) is 11.7. The van der Waals surface area contributed by atoms with E-state index in [2.05, 4.69) is 91.4 Å². The van der Waals surface area contributed by atoms with Gasteiger partial charge in [-0.1, -0.05) is 19.1 Å². The Bertz CT molecular complexity index is 1610. The summed E-state index contributed by atoms with van der Waals surface area (Å²) in [4.78, 5) is 4.75. The van der Waals surface area contributed by atoms with E-state index in [0.29, 0.717) is 6.61 Å². The molecule has 0 amide bonds. The molecule has 0 atom stereocenters. The Kier molecular flexibility index (Phi) is 11.4. The molecule has 44 heavy (non-hydrogen) atoms. The third-order valence-electron chi connectivity index (χ3n) is 8.75. The minimum atomic E-state index is -2.83. The van der Waals surface area contributed by atoms with Crippen molar-refractivity contribution in [1.29, 1.82) is 0 Å². The van der Waals surface area contributed by atoms with Crippen molar-refractivity contribution in [3.8, 4) is 28.3 Å². The third-order valence-corrected chi connectivity index (χ3v) is 22.7. The fourth-order valence-electron chi connectivity index (χ4n) is 6.08. The number of pyridine rings is 1. The summed E-state index contributed by atoms with van der Waals surface area (Å²) in [6.07, 6.45) is 8.35. The number of benzene rings is 3. The molecule has 6 nitrogen and oxygen atoms in total. The topological polar surface area (TPSA) is 65.7 Å². The second-order valence-electron chi connectivity index (χ2n) is 12.0. The third kappa shape index (κ3) is 7.51. The number of aryl methyl sites for hydroxylation is 1. The molecule has 0 radical (unpaired) electrons. The van der Waals surface area contributed by atoms with Crippen LogP contribution < -0.4 is 4.74 Å². The van der Waals surface area contributed by atoms with Crippen molar-refractivity contribution in [2.45, 2.75) is 92.6 Å². The van der Waals surface area contributed by atoms with Gasteiger partial charge in [-0.05, 0) is 18.6 Å². The first-order valence-corrected chi connectivity index (χ1v) is 23.9. The van der Waals surface area contributed by atoms with Crippen molar-refractivity contribution in [2.24, 2.45) is 0 Å². The summed E-state index contributed by atoms with van der Waals surface area (Å²) in [7, 11) is 0. The Morgan fingerprint density at radius 1 is 0.727 bits per heavy atom. The Balaban J connectivity index is 1.38. The molecule has 0 spiro atoms. The van der Waals surface area contributed by atoms with E-state index in [1.165, 1.54) is 51.8 Å². The molecule has 5 aromatic rings. The van der Waals surface area contributed by atoms with Gasteiger partial charge in [-0.25, -0.2) is 0 Å². The van der Waals surface area contributed by atoms with Gasteiger partial charge in [-0.2, -0.15) is 0 Å². The minimum absolute atomic E-state index is 0.497. The molecule has 0 N–H and O–H groups in total. The zero-order valence-corrected chi connectivity index (χ0v) is 29.8. The number of tetrazole rings is 1. The number of nitrogens with zero attached hydrogens (tertiary/aromatic N) is 5. The molecule has 0 fully saturated rings. The van der Waals surface area contributed by atoms with E-state index >= 15 is 0 Å². The molecule has 0 unspecified atom stereocenters. The molecule has 2 aromatic heterocycles. The Labute approximate surface area is 267 Å². The SMILES string of the molecule is CCC[CH2][Sn]([CH2]CCC)([CH2]CCC)[n]1nnc(-c2ccccc2-c2ccc(COc3cc(CC)nc4ccccc34)cc2)n1. The molecule has 230 valence electrons. The number of hydrogen-bond donors (Lipinski definition) is 0. The number of para-hydroxylation sites is 1. The van der Waals surface area contributed by atoms with Crippen LogP contribution in [0.4, 0.5) is 0 Å². The van der Waals surface area contributed by atoms with Crippen LogP contribution in [-0.4, -0.2) is 42.1 Å². The number of fused-ring (bicyclic) bond motifs is 1. The van der Waals surface area contributed by atoms with Crippen molar-refractivity contribution in [1.82, 2.24) is 23.4 Å². The number of ether oxygens (including phenoxy) is 1. The van der Waals surface area contributed by atoms with Gasteiger partial charge < -0.3 is 0 Å². The van der Waals surface area contributed by atoms with Gasteiger partial charge in [0, 0.05) is 17.1 Å². The van der Waals surface area contributed by atoms with E-state index in [0.717, 1.165) is 56.8 Å². The van der Waals surface area contributed by atoms with Crippen molar-refractivity contribution in [3.63, 3.8) is 0 Å². The fraction of sp³-hybridized carbons (Fsp3) is 0.405. The number of unbranched alkanes of at least 4 members (excludes halogenated alkanes) is 3. The van der Waals surface area contributed by atoms with Crippen LogP contribution in [0.1, 0.15) is 77.5 Å². The Morgan fingerprint density at radius 3 is 2.02 bits per heavy atom. The number of aromatic nitrogens is 5. The van der Waals surface area contributed by atoms with E-state index in [1.807, 2.05) is 18.2 Å². The maximum atomic E-state index is 6.34. The summed E-state index contributed by atoms with van der Waals surface area (Å²) in [5, 5.41) is 15.7. The summed E-state index contributed by atoms with van der Waals surface area (Å²) < 4.78 is 12.4. The summed E-state index contributed by atoms with van der Waals surface area (Å²) in [5.74, 6) is 1.63. The zero-order valence-electron chi connectivity index (χ0n) is 26.9. The van der Waals surface area contributed by atoms with Crippen molar-refractivity contribution in [3.05, 3.63) is 90.1 Å². The molecule has 7 heteroatoms. The number of rotatable bonds is 16. The predicted molar refractivity (Wildman–Crippen MR) is 184 cm³/mol. The standard InChI is InChI=1S/C25H20N5O.3C4H9.Sn/c1-2-19-15-24(22-9-5-6-10-23(22)26-19)31-16-17-11-13-18(14-12-17)20-7-3-4-8-21(20)25-27-29-30-28-25;3*1-3-4-2;/h3-15H,2,16H2,1H3;3*1,3-4H2,2H3;/q-1;;;;+1. The average molecular weight is 697 g/mol. The van der Waals surface area contributed by atoms with Gasteiger partial charge in [0.15, 0.2) is 0 Å². The molecule has 0 aliphatic rings. The number of hydrogen-bond acceptors (Lipinski definition) is 5. The molecule has 0 aliphatic carbocycles. The average Bonchev–Trinajstić information content (AvgIpc) is 3.58. The molecule has 3 aromatic carbocycles. The van der Waals surface area contributed by atoms with Gasteiger partial charge in [-0.3, -0.25) is 4.98 Å². The van der Waals surface area contributed by atoms with Crippen LogP contribution in [0.2, 0.25) is 13.3 Å². The summed E-state index contributed by atoms with van der Waals surface area (Å²) in [6, 6.07) is 27.4. The van der Waals surface area contributed by atoms with Gasteiger partial charge in [0.25, 0.3) is 0 Å². The molecule has 5 rings (SSSR count). The molecular weight excluding hydrogens is 649 g/mol. The van der Waals surface area contributed by atoms with E-state index in [1.54, 1.807) is 0 Å². The van der Waals surface area contributed by atoms with E-state index in [9.17, 15) is 0 Å². The van der Waals surface area contributed by atoms with E-state index in [4.69, 9.17) is 25.1 Å². The van der Waals surface area contributed by atoms with Gasteiger partial charge in [-0.15, -0.1) is 0 Å². The van der Waals surface area contributed by atoms with Crippen molar-refractivity contribution in [2.75, 3.05) is 0 Å². The van der Waals surface area contributed by atoms with Crippen LogP contribution in [-0.2, 0) is 13.0 Å². The first kappa shape index (κ1) is 32.1. The summed E-state index contributed by atoms with van der Waals surface area (Å²) in [6.45, 7) is 9.52. The second kappa shape index (κ2) is 15.6. The van der Waals surface area contributed by atoms with E-state index < -0.39 is 18.7 Å². The van der Waals surface area contributed by atoms with Crippen LogP contribution in [0, 0.1) is 0 Å². The summed E-state index contributed by atoms with van der Waals surface area (Å²) in [5.41, 5.74) is 6.45. The van der Waals surface area contributed by atoms with Crippen LogP contribution >= 0.6 is 0 Å². The van der Waals surface area contributed by atoms with Crippen LogP contribution in [0.15, 0.2) is 78.9 Å². The van der Waals surface area contributed by atoms with Gasteiger partial charge >= 0.3 is 203 Å². The van der Waals surface area contributed by atoms with Crippen molar-refractivity contribution < 1.29 is 4.74 Å². The molecule has 2 heterocycles. The Morgan fingerprint density at radius 2 is 1.36 bits per heavy atom. The van der Waals surface area contributed by atoms with Gasteiger partial charge in [0.05, 0.1) is 5.52 Å².